The normalized spacial score (nSPS) is 11.8. The van der Waals surface area contributed by atoms with Gasteiger partial charge in [0.05, 0.1) is 14.2 Å². The maximum atomic E-state index is 12.3. The van der Waals surface area contributed by atoms with E-state index in [-0.39, 0.29) is 0 Å². The summed E-state index contributed by atoms with van der Waals surface area (Å²) in [6, 6.07) is 10.4. The Morgan fingerprint density at radius 2 is 1.79 bits per heavy atom. The number of hydrogen-bond acceptors (Lipinski definition) is 5. The summed E-state index contributed by atoms with van der Waals surface area (Å²) in [5.74, 6) is 0.0463. The van der Waals surface area contributed by atoms with Crippen LogP contribution in [0.25, 0.3) is 6.08 Å². The Balaban J connectivity index is 1.97. The first kappa shape index (κ1) is 21.3. The van der Waals surface area contributed by atoms with Gasteiger partial charge in [0.25, 0.3) is 5.91 Å². The number of carbonyl (C=O) groups is 2. The van der Waals surface area contributed by atoms with E-state index in [1.807, 2.05) is 6.92 Å². The molecule has 0 aliphatic heterocycles. The van der Waals surface area contributed by atoms with Crippen LogP contribution in [0.15, 0.2) is 42.5 Å². The molecule has 1 atom stereocenters. The van der Waals surface area contributed by atoms with Crippen molar-refractivity contribution in [3.63, 3.8) is 0 Å². The Labute approximate surface area is 169 Å². The van der Waals surface area contributed by atoms with Gasteiger partial charge in [-0.1, -0.05) is 23.7 Å². The minimum atomic E-state index is -0.971. The predicted octanol–water partition coefficient (Wildman–Crippen LogP) is 4.25. The summed E-state index contributed by atoms with van der Waals surface area (Å²) in [7, 11) is 3.07. The van der Waals surface area contributed by atoms with Gasteiger partial charge in [0.2, 0.25) is 0 Å². The van der Waals surface area contributed by atoms with E-state index in [1.165, 1.54) is 20.1 Å². The Kier molecular flexibility index (Phi) is 7.46. The van der Waals surface area contributed by atoms with Crippen LogP contribution >= 0.6 is 11.6 Å². The smallest absolute Gasteiger partial charge is 0.331 e. The number of esters is 1. The SMILES string of the molecule is COc1ccc(/C=C/C(=O)O[C@@H](C)C(=O)Nc2cc(Cl)ccc2C)cc1OC. The van der Waals surface area contributed by atoms with E-state index in [4.69, 9.17) is 25.8 Å². The van der Waals surface area contributed by atoms with Crippen molar-refractivity contribution in [3.8, 4) is 11.5 Å². The highest BCUT2D eigenvalue weighted by Gasteiger charge is 2.17. The molecule has 0 aliphatic carbocycles. The minimum Gasteiger partial charge on any atom is -0.493 e. The molecule has 0 spiro atoms. The molecule has 0 bridgehead atoms. The summed E-state index contributed by atoms with van der Waals surface area (Å²) in [5.41, 5.74) is 2.15. The van der Waals surface area contributed by atoms with Crippen LogP contribution in [0.4, 0.5) is 5.69 Å². The van der Waals surface area contributed by atoms with Gasteiger partial charge in [-0.3, -0.25) is 4.79 Å². The van der Waals surface area contributed by atoms with Gasteiger partial charge in [-0.2, -0.15) is 0 Å². The molecule has 2 aromatic rings. The van der Waals surface area contributed by atoms with Crippen molar-refractivity contribution in [1.82, 2.24) is 0 Å². The fraction of sp³-hybridized carbons (Fsp3) is 0.238. The molecule has 0 saturated carbocycles. The molecule has 1 amide bonds. The molecule has 2 aromatic carbocycles. The third-order valence-corrected chi connectivity index (χ3v) is 4.17. The third kappa shape index (κ3) is 5.76. The monoisotopic (exact) mass is 403 g/mol. The van der Waals surface area contributed by atoms with Crippen LogP contribution in [0.2, 0.25) is 5.02 Å². The third-order valence-electron chi connectivity index (χ3n) is 3.94. The van der Waals surface area contributed by atoms with Crippen LogP contribution in [-0.2, 0) is 14.3 Å². The number of carbonyl (C=O) groups excluding carboxylic acids is 2. The molecule has 0 heterocycles. The fourth-order valence-electron chi connectivity index (χ4n) is 2.35. The number of ether oxygens (including phenoxy) is 3. The summed E-state index contributed by atoms with van der Waals surface area (Å²) < 4.78 is 15.5. The first-order chi connectivity index (χ1) is 13.3. The average molecular weight is 404 g/mol. The van der Waals surface area contributed by atoms with Gasteiger partial charge < -0.3 is 19.5 Å². The highest BCUT2D eigenvalue weighted by molar-refractivity contribution is 6.31. The molecular formula is C21H22ClNO5. The fourth-order valence-corrected chi connectivity index (χ4v) is 2.52. The summed E-state index contributed by atoms with van der Waals surface area (Å²) in [4.78, 5) is 24.3. The first-order valence-corrected chi connectivity index (χ1v) is 8.89. The molecule has 148 valence electrons. The van der Waals surface area contributed by atoms with Gasteiger partial charge in [-0.25, -0.2) is 4.79 Å². The highest BCUT2D eigenvalue weighted by Crippen LogP contribution is 2.28. The highest BCUT2D eigenvalue weighted by atomic mass is 35.5. The summed E-state index contributed by atoms with van der Waals surface area (Å²) in [6.07, 6.45) is 1.84. The molecule has 6 nitrogen and oxygen atoms in total. The number of hydrogen-bond donors (Lipinski definition) is 1. The lowest BCUT2D eigenvalue weighted by molar-refractivity contribution is -0.148. The average Bonchev–Trinajstić information content (AvgIpc) is 2.68. The number of aryl methyl sites for hydroxylation is 1. The molecule has 0 aliphatic rings. The van der Waals surface area contributed by atoms with Crippen LogP contribution in [0, 0.1) is 6.92 Å². The van der Waals surface area contributed by atoms with Gasteiger partial charge in [0, 0.05) is 16.8 Å². The zero-order chi connectivity index (χ0) is 20.7. The van der Waals surface area contributed by atoms with E-state index in [2.05, 4.69) is 5.32 Å². The Morgan fingerprint density at radius 1 is 1.07 bits per heavy atom. The van der Waals surface area contributed by atoms with Crippen molar-refractivity contribution >= 4 is 35.2 Å². The second kappa shape index (κ2) is 9.80. The summed E-state index contributed by atoms with van der Waals surface area (Å²) in [6.45, 7) is 3.34. The van der Waals surface area contributed by atoms with Crippen LogP contribution < -0.4 is 14.8 Å². The minimum absolute atomic E-state index is 0.446. The Bertz CT molecular complexity index is 894. The van der Waals surface area contributed by atoms with E-state index in [0.29, 0.717) is 22.2 Å². The van der Waals surface area contributed by atoms with Crippen LogP contribution in [0.3, 0.4) is 0 Å². The van der Waals surface area contributed by atoms with Gasteiger partial charge in [0.1, 0.15) is 0 Å². The Morgan fingerprint density at radius 3 is 2.46 bits per heavy atom. The number of rotatable bonds is 7. The van der Waals surface area contributed by atoms with Crippen molar-refractivity contribution in [1.29, 1.82) is 0 Å². The van der Waals surface area contributed by atoms with Crippen molar-refractivity contribution in [2.45, 2.75) is 20.0 Å². The lowest BCUT2D eigenvalue weighted by Gasteiger charge is -2.14. The van der Waals surface area contributed by atoms with E-state index >= 15 is 0 Å². The molecule has 1 N–H and O–H groups in total. The largest absolute Gasteiger partial charge is 0.493 e. The van der Waals surface area contributed by atoms with Gasteiger partial charge in [0.15, 0.2) is 17.6 Å². The quantitative estimate of drug-likeness (QED) is 0.552. The molecule has 0 unspecified atom stereocenters. The van der Waals surface area contributed by atoms with Crippen molar-refractivity contribution in [2.75, 3.05) is 19.5 Å². The number of amides is 1. The van der Waals surface area contributed by atoms with Gasteiger partial charge in [-0.15, -0.1) is 0 Å². The zero-order valence-corrected chi connectivity index (χ0v) is 16.9. The lowest BCUT2D eigenvalue weighted by atomic mass is 10.2. The molecule has 2 rings (SSSR count). The maximum absolute atomic E-state index is 12.3. The Hall–Kier alpha value is -2.99. The van der Waals surface area contributed by atoms with Crippen molar-refractivity contribution in [3.05, 3.63) is 58.6 Å². The molecular weight excluding hydrogens is 382 g/mol. The second-order valence-electron chi connectivity index (χ2n) is 5.98. The summed E-state index contributed by atoms with van der Waals surface area (Å²) in [5, 5.41) is 3.21. The van der Waals surface area contributed by atoms with Gasteiger partial charge in [-0.05, 0) is 55.3 Å². The molecule has 0 saturated heterocycles. The second-order valence-corrected chi connectivity index (χ2v) is 6.41. The predicted molar refractivity (Wildman–Crippen MR) is 109 cm³/mol. The van der Waals surface area contributed by atoms with Crippen molar-refractivity contribution < 1.29 is 23.8 Å². The molecule has 0 aromatic heterocycles. The molecule has 28 heavy (non-hydrogen) atoms. The number of benzene rings is 2. The topological polar surface area (TPSA) is 73.9 Å². The molecule has 7 heteroatoms. The van der Waals surface area contributed by atoms with Crippen LogP contribution in [0.5, 0.6) is 11.5 Å². The molecule has 0 radical (unpaired) electrons. The lowest BCUT2D eigenvalue weighted by Crippen LogP contribution is -2.29. The zero-order valence-electron chi connectivity index (χ0n) is 16.1. The van der Waals surface area contributed by atoms with Crippen LogP contribution in [-0.4, -0.2) is 32.2 Å². The standard InChI is InChI=1S/C21H22ClNO5/c1-13-5-8-16(22)12-17(13)23-21(25)14(2)28-20(24)10-7-15-6-9-18(26-3)19(11-15)27-4/h5-12,14H,1-4H3,(H,23,25)/b10-7+/t14-/m0/s1. The van der Waals surface area contributed by atoms with E-state index in [0.717, 1.165) is 11.1 Å². The van der Waals surface area contributed by atoms with E-state index < -0.39 is 18.0 Å². The maximum Gasteiger partial charge on any atom is 0.331 e. The van der Waals surface area contributed by atoms with Crippen molar-refractivity contribution in [2.24, 2.45) is 0 Å². The molecule has 0 fully saturated rings. The number of nitrogens with one attached hydrogen (secondary N) is 1. The number of halogens is 1. The number of methoxy groups -OCH3 is 2. The van der Waals surface area contributed by atoms with E-state index in [9.17, 15) is 9.59 Å². The van der Waals surface area contributed by atoms with Crippen LogP contribution in [0.1, 0.15) is 18.1 Å². The summed E-state index contributed by atoms with van der Waals surface area (Å²) >= 11 is 5.94. The number of anilines is 1. The first-order valence-electron chi connectivity index (χ1n) is 8.51. The van der Waals surface area contributed by atoms with E-state index in [1.54, 1.807) is 49.6 Å². The van der Waals surface area contributed by atoms with Gasteiger partial charge >= 0.3 is 5.97 Å².